The van der Waals surface area contributed by atoms with Gasteiger partial charge in [0.25, 0.3) is 0 Å². The van der Waals surface area contributed by atoms with Gasteiger partial charge in [-0.1, -0.05) is 13.3 Å². The number of carboxylic acids is 3. The van der Waals surface area contributed by atoms with Crippen LogP contribution in [0.3, 0.4) is 0 Å². The van der Waals surface area contributed by atoms with Crippen molar-refractivity contribution in [2.45, 2.75) is 38.3 Å². The summed E-state index contributed by atoms with van der Waals surface area (Å²) in [6, 6.07) is -1.96. The van der Waals surface area contributed by atoms with Gasteiger partial charge in [0, 0.05) is 0 Å². The monoisotopic (exact) mass is 250 g/mol. The van der Waals surface area contributed by atoms with Crippen LogP contribution in [0.1, 0.15) is 26.2 Å². The summed E-state index contributed by atoms with van der Waals surface area (Å²) in [6.45, 7) is 1.91. The van der Waals surface area contributed by atoms with Gasteiger partial charge >= 0.3 is 17.9 Å². The van der Waals surface area contributed by atoms with Crippen molar-refractivity contribution < 1.29 is 29.7 Å². The maximum Gasteiger partial charge on any atom is 0.321 e. The molecule has 2 unspecified atom stereocenters. The minimum Gasteiger partial charge on any atom is -0.481 e. The Hall–Kier alpha value is -1.67. The molecule has 0 heterocycles. The van der Waals surface area contributed by atoms with Gasteiger partial charge in [-0.25, -0.2) is 0 Å². The average molecular weight is 250 g/mol. The van der Waals surface area contributed by atoms with Crippen molar-refractivity contribution in [1.29, 1.82) is 0 Å². The number of aliphatic carboxylic acids is 3. The highest BCUT2D eigenvalue weighted by molar-refractivity contribution is 5.80. The number of hydrogen-bond donors (Lipinski definition) is 5. The van der Waals surface area contributed by atoms with Crippen LogP contribution in [0.2, 0.25) is 0 Å². The van der Waals surface area contributed by atoms with Gasteiger partial charge in [0.15, 0.2) is 0 Å². The molecular weight excluding hydrogens is 232 g/mol. The van der Waals surface area contributed by atoms with Crippen molar-refractivity contribution in [3.05, 3.63) is 0 Å². The fourth-order valence-corrected chi connectivity index (χ4v) is 0.710. The van der Waals surface area contributed by atoms with E-state index in [0.29, 0.717) is 6.42 Å². The van der Waals surface area contributed by atoms with Gasteiger partial charge in [0.05, 0.1) is 6.42 Å². The standard InChI is InChI=1S/C5H11NO2.C4H7NO4/c1-2-3-4(6)5(7)8;5-2(4(8)9)1-3(6)7/h4H,2-3,6H2,1H3,(H,7,8);2H,1,5H2,(H,6,7)(H,8,9). The lowest BCUT2D eigenvalue weighted by Gasteiger charge is -2.00. The van der Waals surface area contributed by atoms with Crippen molar-refractivity contribution in [3.63, 3.8) is 0 Å². The number of hydrogen-bond acceptors (Lipinski definition) is 5. The molecule has 0 aliphatic carbocycles. The van der Waals surface area contributed by atoms with Crippen molar-refractivity contribution in [2.75, 3.05) is 0 Å². The van der Waals surface area contributed by atoms with E-state index >= 15 is 0 Å². The first kappa shape index (κ1) is 17.7. The van der Waals surface area contributed by atoms with Crippen molar-refractivity contribution in [3.8, 4) is 0 Å². The fourth-order valence-electron chi connectivity index (χ4n) is 0.710. The molecule has 0 radical (unpaired) electrons. The van der Waals surface area contributed by atoms with Crippen molar-refractivity contribution in [2.24, 2.45) is 11.5 Å². The Bertz CT molecular complexity index is 268. The van der Waals surface area contributed by atoms with Crippen molar-refractivity contribution in [1.82, 2.24) is 0 Å². The molecule has 0 rings (SSSR count). The molecule has 0 fully saturated rings. The second kappa shape index (κ2) is 9.55. The molecule has 0 aliphatic rings. The lowest BCUT2D eigenvalue weighted by Crippen LogP contribution is -2.32. The topological polar surface area (TPSA) is 164 Å². The Morgan fingerprint density at radius 3 is 1.53 bits per heavy atom. The summed E-state index contributed by atoms with van der Waals surface area (Å²) in [7, 11) is 0. The zero-order valence-corrected chi connectivity index (χ0v) is 9.50. The number of carbonyl (C=O) groups is 3. The van der Waals surface area contributed by atoms with Gasteiger partial charge in [-0.15, -0.1) is 0 Å². The Labute approximate surface area is 98.2 Å². The van der Waals surface area contributed by atoms with E-state index < -0.39 is 36.4 Å². The molecule has 0 spiro atoms. The molecule has 0 aromatic heterocycles. The highest BCUT2D eigenvalue weighted by Crippen LogP contribution is 1.91. The lowest BCUT2D eigenvalue weighted by molar-refractivity contribution is -0.144. The van der Waals surface area contributed by atoms with Crippen LogP contribution in [-0.2, 0) is 14.4 Å². The molecule has 0 aliphatic heterocycles. The van der Waals surface area contributed by atoms with E-state index in [9.17, 15) is 14.4 Å². The summed E-state index contributed by atoms with van der Waals surface area (Å²) in [4.78, 5) is 29.6. The van der Waals surface area contributed by atoms with Crippen LogP contribution in [-0.4, -0.2) is 45.3 Å². The third-order valence-corrected chi connectivity index (χ3v) is 1.63. The number of rotatable bonds is 6. The van der Waals surface area contributed by atoms with Gasteiger partial charge in [0.1, 0.15) is 12.1 Å². The summed E-state index contributed by atoms with van der Waals surface area (Å²) in [5.41, 5.74) is 9.96. The largest absolute Gasteiger partial charge is 0.481 e. The third-order valence-electron chi connectivity index (χ3n) is 1.63. The minimum atomic E-state index is -1.29. The second-order valence-electron chi connectivity index (χ2n) is 3.28. The zero-order valence-electron chi connectivity index (χ0n) is 9.50. The first-order valence-corrected chi connectivity index (χ1v) is 4.90. The molecule has 0 aromatic rings. The van der Waals surface area contributed by atoms with E-state index in [1.54, 1.807) is 0 Å². The Morgan fingerprint density at radius 2 is 1.41 bits per heavy atom. The lowest BCUT2D eigenvalue weighted by atomic mass is 10.2. The molecule has 0 aromatic carbocycles. The normalized spacial score (nSPS) is 12.9. The van der Waals surface area contributed by atoms with Crippen LogP contribution in [0.4, 0.5) is 0 Å². The van der Waals surface area contributed by atoms with E-state index in [-0.39, 0.29) is 0 Å². The van der Waals surface area contributed by atoms with Crippen LogP contribution in [0.5, 0.6) is 0 Å². The Morgan fingerprint density at radius 1 is 1.00 bits per heavy atom. The van der Waals surface area contributed by atoms with Gasteiger partial charge in [-0.3, -0.25) is 14.4 Å². The first-order chi connectivity index (χ1) is 7.72. The van der Waals surface area contributed by atoms with Crippen LogP contribution in [0, 0.1) is 0 Å². The number of carboxylic acid groups (broad SMARTS) is 3. The molecule has 7 N–H and O–H groups in total. The SMILES string of the molecule is CCCC(N)C(=O)O.NC(CC(=O)O)C(=O)O. The predicted octanol–water partition coefficient (Wildman–Crippen LogP) is -0.929. The number of nitrogens with two attached hydrogens (primary N) is 2. The molecule has 0 saturated heterocycles. The van der Waals surface area contributed by atoms with Crippen LogP contribution in [0.25, 0.3) is 0 Å². The Kier molecular flexibility index (Phi) is 9.95. The summed E-state index contributed by atoms with van der Waals surface area (Å²) < 4.78 is 0. The minimum absolute atomic E-state index is 0.532. The van der Waals surface area contributed by atoms with Crippen LogP contribution >= 0.6 is 0 Å². The Balaban J connectivity index is 0. The molecule has 100 valence electrons. The molecule has 0 amide bonds. The molecule has 0 bridgehead atoms. The summed E-state index contributed by atoms with van der Waals surface area (Å²) >= 11 is 0. The van der Waals surface area contributed by atoms with E-state index in [2.05, 4.69) is 0 Å². The predicted molar refractivity (Wildman–Crippen MR) is 58.4 cm³/mol. The van der Waals surface area contributed by atoms with Gasteiger partial charge in [-0.2, -0.15) is 0 Å². The maximum atomic E-state index is 9.96. The fraction of sp³-hybridized carbons (Fsp3) is 0.667. The van der Waals surface area contributed by atoms with E-state index in [1.807, 2.05) is 6.92 Å². The third kappa shape index (κ3) is 12.3. The zero-order chi connectivity index (χ0) is 14.0. The first-order valence-electron chi connectivity index (χ1n) is 4.90. The van der Waals surface area contributed by atoms with E-state index in [4.69, 9.17) is 26.8 Å². The van der Waals surface area contributed by atoms with Crippen LogP contribution < -0.4 is 11.5 Å². The smallest absolute Gasteiger partial charge is 0.321 e. The average Bonchev–Trinajstić information content (AvgIpc) is 2.17. The highest BCUT2D eigenvalue weighted by Gasteiger charge is 2.14. The molecule has 8 nitrogen and oxygen atoms in total. The maximum absolute atomic E-state index is 9.96. The summed E-state index contributed by atoms with van der Waals surface area (Å²) in [5.74, 6) is -3.41. The van der Waals surface area contributed by atoms with Gasteiger partial charge in [0.2, 0.25) is 0 Å². The molecule has 17 heavy (non-hydrogen) atoms. The molecule has 0 saturated carbocycles. The highest BCUT2D eigenvalue weighted by atomic mass is 16.4. The molecule has 2 atom stereocenters. The summed E-state index contributed by atoms with van der Waals surface area (Å²) in [6.07, 6.45) is 0.859. The van der Waals surface area contributed by atoms with Crippen LogP contribution in [0.15, 0.2) is 0 Å². The summed E-state index contributed by atoms with van der Waals surface area (Å²) in [5, 5.41) is 24.2. The van der Waals surface area contributed by atoms with E-state index in [0.717, 1.165) is 6.42 Å². The van der Waals surface area contributed by atoms with Gasteiger partial charge in [-0.05, 0) is 6.42 Å². The molecular formula is C9H18N2O6. The van der Waals surface area contributed by atoms with E-state index in [1.165, 1.54) is 0 Å². The van der Waals surface area contributed by atoms with Crippen molar-refractivity contribution >= 4 is 17.9 Å². The quantitative estimate of drug-likeness (QED) is 0.403. The van der Waals surface area contributed by atoms with Gasteiger partial charge < -0.3 is 26.8 Å². The molecule has 8 heteroatoms. The second-order valence-corrected chi connectivity index (χ2v) is 3.28.